The third-order valence-electron chi connectivity index (χ3n) is 2.94. The minimum absolute atomic E-state index is 0.0207. The normalized spacial score (nSPS) is 13.2. The van der Waals surface area contributed by atoms with Crippen molar-refractivity contribution >= 4 is 34.8 Å². The van der Waals surface area contributed by atoms with Crippen molar-refractivity contribution in [1.29, 1.82) is 0 Å². The molecule has 0 saturated heterocycles. The largest absolute Gasteiger partial charge is 0.396 e. The van der Waals surface area contributed by atoms with Gasteiger partial charge >= 0.3 is 0 Å². The smallest absolute Gasteiger partial charge is 0.147 e. The number of aromatic nitrogens is 1. The maximum absolute atomic E-state index is 9.17. The number of pyridine rings is 1. The summed E-state index contributed by atoms with van der Waals surface area (Å²) >= 11 is 12.2. The lowest BCUT2D eigenvalue weighted by Crippen LogP contribution is -2.35. The van der Waals surface area contributed by atoms with Crippen LogP contribution >= 0.6 is 23.2 Å². The molecule has 6 heteroatoms. The van der Waals surface area contributed by atoms with Crippen LogP contribution in [-0.2, 0) is 0 Å². The molecular weight excluding hydrogens is 285 g/mol. The van der Waals surface area contributed by atoms with Gasteiger partial charge in [-0.05, 0) is 17.9 Å². The van der Waals surface area contributed by atoms with Gasteiger partial charge in [0.2, 0.25) is 0 Å². The Hall–Kier alpha value is -0.710. The number of nitrogens with one attached hydrogen (secondary N) is 2. The van der Waals surface area contributed by atoms with Gasteiger partial charge in [-0.1, -0.05) is 44.0 Å². The van der Waals surface area contributed by atoms with Crippen LogP contribution in [-0.4, -0.2) is 29.8 Å². The second kappa shape index (κ2) is 6.64. The molecule has 0 bridgehead atoms. The van der Waals surface area contributed by atoms with Crippen LogP contribution in [0.5, 0.6) is 0 Å². The van der Waals surface area contributed by atoms with Crippen LogP contribution in [0.4, 0.5) is 11.6 Å². The SMILES string of the molecule is CNc1nc(NC(CCO)C(C)(C)C)c(Cl)cc1Cl. The molecule has 0 spiro atoms. The molecule has 4 nitrogen and oxygen atoms in total. The van der Waals surface area contributed by atoms with E-state index in [0.29, 0.717) is 28.1 Å². The zero-order chi connectivity index (χ0) is 14.6. The molecule has 0 amide bonds. The van der Waals surface area contributed by atoms with Crippen LogP contribution in [0.3, 0.4) is 0 Å². The third kappa shape index (κ3) is 4.41. The number of aliphatic hydroxyl groups is 1. The van der Waals surface area contributed by atoms with Gasteiger partial charge in [0.1, 0.15) is 11.6 Å². The van der Waals surface area contributed by atoms with Gasteiger partial charge in [0, 0.05) is 19.7 Å². The summed E-state index contributed by atoms with van der Waals surface area (Å²) in [5.41, 5.74) is -0.0207. The summed E-state index contributed by atoms with van der Waals surface area (Å²) in [5.74, 6) is 1.15. The van der Waals surface area contributed by atoms with E-state index < -0.39 is 0 Å². The van der Waals surface area contributed by atoms with Crippen molar-refractivity contribution < 1.29 is 5.11 Å². The fraction of sp³-hybridized carbons (Fsp3) is 0.615. The highest BCUT2D eigenvalue weighted by molar-refractivity contribution is 6.37. The molecule has 1 heterocycles. The molecule has 0 radical (unpaired) electrons. The van der Waals surface area contributed by atoms with Gasteiger partial charge in [0.05, 0.1) is 10.0 Å². The zero-order valence-corrected chi connectivity index (χ0v) is 13.2. The lowest BCUT2D eigenvalue weighted by molar-refractivity contribution is 0.235. The Labute approximate surface area is 124 Å². The topological polar surface area (TPSA) is 57.2 Å². The van der Waals surface area contributed by atoms with Gasteiger partial charge in [0.15, 0.2) is 0 Å². The number of rotatable bonds is 5. The molecule has 1 atom stereocenters. The highest BCUT2D eigenvalue weighted by atomic mass is 35.5. The molecule has 0 aliphatic heterocycles. The van der Waals surface area contributed by atoms with E-state index in [1.54, 1.807) is 13.1 Å². The molecule has 0 saturated carbocycles. The average molecular weight is 306 g/mol. The maximum atomic E-state index is 9.17. The number of halogens is 2. The number of hydrogen-bond acceptors (Lipinski definition) is 4. The number of anilines is 2. The summed E-state index contributed by atoms with van der Waals surface area (Å²) < 4.78 is 0. The van der Waals surface area contributed by atoms with Crippen LogP contribution in [0.15, 0.2) is 6.07 Å². The highest BCUT2D eigenvalue weighted by Gasteiger charge is 2.25. The molecule has 0 aliphatic rings. The molecule has 1 aromatic rings. The Balaban J connectivity index is 3.02. The fourth-order valence-electron chi connectivity index (χ4n) is 1.76. The molecule has 0 aliphatic carbocycles. The van der Waals surface area contributed by atoms with Crippen LogP contribution in [0.25, 0.3) is 0 Å². The molecule has 0 fully saturated rings. The first kappa shape index (κ1) is 16.3. The van der Waals surface area contributed by atoms with Gasteiger partial charge in [-0.15, -0.1) is 0 Å². The van der Waals surface area contributed by atoms with Gasteiger partial charge < -0.3 is 15.7 Å². The lowest BCUT2D eigenvalue weighted by atomic mass is 9.85. The first-order valence-electron chi connectivity index (χ1n) is 6.20. The molecular formula is C13H21Cl2N3O. The standard InChI is InChI=1S/C13H21Cl2N3O/c1-13(2,3)10(5-6-19)17-12-9(15)7-8(14)11(16-4)18-12/h7,10,19H,5-6H2,1-4H3,(H2,16,17,18). The van der Waals surface area contributed by atoms with Crippen molar-refractivity contribution in [2.24, 2.45) is 5.41 Å². The Morgan fingerprint density at radius 3 is 2.32 bits per heavy atom. The summed E-state index contributed by atoms with van der Waals surface area (Å²) in [7, 11) is 1.75. The van der Waals surface area contributed by atoms with Crippen molar-refractivity contribution in [3.05, 3.63) is 16.1 Å². The number of nitrogens with zero attached hydrogens (tertiary/aromatic N) is 1. The van der Waals surface area contributed by atoms with E-state index in [-0.39, 0.29) is 18.1 Å². The summed E-state index contributed by atoms with van der Waals surface area (Å²) in [6, 6.07) is 1.72. The van der Waals surface area contributed by atoms with Gasteiger partial charge in [0.25, 0.3) is 0 Å². The van der Waals surface area contributed by atoms with Crippen molar-refractivity contribution in [2.45, 2.75) is 33.2 Å². The van der Waals surface area contributed by atoms with E-state index in [4.69, 9.17) is 28.3 Å². The fourth-order valence-corrected chi connectivity index (χ4v) is 2.27. The van der Waals surface area contributed by atoms with E-state index in [9.17, 15) is 0 Å². The quantitative estimate of drug-likeness (QED) is 0.777. The average Bonchev–Trinajstić information content (AvgIpc) is 2.30. The molecule has 1 unspecified atom stereocenters. The minimum Gasteiger partial charge on any atom is -0.396 e. The first-order valence-corrected chi connectivity index (χ1v) is 6.96. The van der Waals surface area contributed by atoms with Crippen molar-refractivity contribution in [3.8, 4) is 0 Å². The lowest BCUT2D eigenvalue weighted by Gasteiger charge is -2.32. The van der Waals surface area contributed by atoms with Crippen LogP contribution < -0.4 is 10.6 Å². The Morgan fingerprint density at radius 2 is 1.84 bits per heavy atom. The van der Waals surface area contributed by atoms with Gasteiger partial charge in [-0.25, -0.2) is 4.98 Å². The zero-order valence-electron chi connectivity index (χ0n) is 11.7. The maximum Gasteiger partial charge on any atom is 0.147 e. The summed E-state index contributed by atoms with van der Waals surface area (Å²) in [6.07, 6.45) is 0.624. The summed E-state index contributed by atoms with van der Waals surface area (Å²) in [6.45, 7) is 6.41. The second-order valence-electron chi connectivity index (χ2n) is 5.47. The molecule has 3 N–H and O–H groups in total. The van der Waals surface area contributed by atoms with Gasteiger partial charge in [-0.3, -0.25) is 0 Å². The van der Waals surface area contributed by atoms with Gasteiger partial charge in [-0.2, -0.15) is 0 Å². The first-order chi connectivity index (χ1) is 8.79. The molecule has 1 rings (SSSR count). The number of hydrogen-bond donors (Lipinski definition) is 3. The number of aliphatic hydroxyl groups excluding tert-OH is 1. The summed E-state index contributed by atoms with van der Waals surface area (Å²) in [4.78, 5) is 4.36. The Morgan fingerprint density at radius 1 is 1.26 bits per heavy atom. The molecule has 19 heavy (non-hydrogen) atoms. The Kier molecular flexibility index (Phi) is 5.71. The molecule has 0 aromatic carbocycles. The van der Waals surface area contributed by atoms with Crippen molar-refractivity contribution in [1.82, 2.24) is 4.98 Å². The van der Waals surface area contributed by atoms with Crippen molar-refractivity contribution in [2.75, 3.05) is 24.3 Å². The van der Waals surface area contributed by atoms with E-state index in [2.05, 4.69) is 36.4 Å². The molecule has 108 valence electrons. The highest BCUT2D eigenvalue weighted by Crippen LogP contribution is 2.32. The van der Waals surface area contributed by atoms with E-state index in [1.807, 2.05) is 0 Å². The minimum atomic E-state index is -0.0207. The predicted octanol–water partition coefficient (Wildman–Crippen LogP) is 3.64. The third-order valence-corrected chi connectivity index (χ3v) is 3.52. The van der Waals surface area contributed by atoms with E-state index >= 15 is 0 Å². The van der Waals surface area contributed by atoms with E-state index in [0.717, 1.165) is 0 Å². The van der Waals surface area contributed by atoms with Crippen LogP contribution in [0.1, 0.15) is 27.2 Å². The Bertz CT molecular complexity index is 433. The van der Waals surface area contributed by atoms with Crippen molar-refractivity contribution in [3.63, 3.8) is 0 Å². The predicted molar refractivity (Wildman–Crippen MR) is 82.4 cm³/mol. The second-order valence-corrected chi connectivity index (χ2v) is 6.29. The van der Waals surface area contributed by atoms with E-state index in [1.165, 1.54) is 0 Å². The summed E-state index contributed by atoms with van der Waals surface area (Å²) in [5, 5.41) is 16.3. The molecule has 1 aromatic heterocycles. The van der Waals surface area contributed by atoms with Crippen LogP contribution in [0.2, 0.25) is 10.0 Å². The van der Waals surface area contributed by atoms with Crippen LogP contribution in [0, 0.1) is 5.41 Å². The monoisotopic (exact) mass is 305 g/mol.